The summed E-state index contributed by atoms with van der Waals surface area (Å²) in [4.78, 5) is 25.6. The fraction of sp³-hybridized carbons (Fsp3) is 0.238. The molecule has 8 nitrogen and oxygen atoms in total. The van der Waals surface area contributed by atoms with E-state index >= 15 is 0 Å². The molecule has 1 aliphatic heterocycles. The van der Waals surface area contributed by atoms with Crippen LogP contribution in [-0.4, -0.2) is 39.6 Å². The Morgan fingerprint density at radius 3 is 2.66 bits per heavy atom. The number of fused-ring (bicyclic) bond motifs is 1. The van der Waals surface area contributed by atoms with Crippen LogP contribution in [0.3, 0.4) is 0 Å². The van der Waals surface area contributed by atoms with E-state index in [1.54, 1.807) is 18.1 Å². The Bertz CT molecular complexity index is 1070. The number of nitrogens with zero attached hydrogens (tertiary/aromatic N) is 3. The third-order valence-electron chi connectivity index (χ3n) is 5.09. The Morgan fingerprint density at radius 2 is 2.00 bits per heavy atom. The Hall–Kier alpha value is -3.68. The highest BCUT2D eigenvalue weighted by Gasteiger charge is 2.42. The molecule has 1 amide bonds. The first kappa shape index (κ1) is 18.7. The first-order valence-electron chi connectivity index (χ1n) is 9.33. The lowest BCUT2D eigenvalue weighted by atomic mass is 9.95. The lowest BCUT2D eigenvalue weighted by Gasteiger charge is -2.25. The van der Waals surface area contributed by atoms with E-state index in [4.69, 9.17) is 4.74 Å². The number of methoxy groups -OCH3 is 1. The number of H-pyrrole nitrogens is 1. The van der Waals surface area contributed by atoms with E-state index in [1.807, 2.05) is 37.3 Å². The second kappa shape index (κ2) is 7.38. The lowest BCUT2D eigenvalue weighted by Crippen LogP contribution is -2.30. The van der Waals surface area contributed by atoms with E-state index < -0.39 is 11.0 Å². The maximum absolute atomic E-state index is 13.0. The largest absolute Gasteiger partial charge is 0.497 e. The molecule has 29 heavy (non-hydrogen) atoms. The van der Waals surface area contributed by atoms with Crippen molar-refractivity contribution in [3.8, 4) is 17.0 Å². The normalized spacial score (nSPS) is 15.4. The number of rotatable bonds is 6. The van der Waals surface area contributed by atoms with Crippen molar-refractivity contribution in [1.29, 1.82) is 0 Å². The summed E-state index contributed by atoms with van der Waals surface area (Å²) in [7, 11) is 1.60. The number of nitro groups is 1. The van der Waals surface area contributed by atoms with E-state index in [9.17, 15) is 14.9 Å². The highest BCUT2D eigenvalue weighted by Crippen LogP contribution is 2.43. The average Bonchev–Trinajstić information content (AvgIpc) is 3.28. The number of nitrogens with one attached hydrogen (secondary N) is 1. The van der Waals surface area contributed by atoms with Crippen LogP contribution in [-0.2, 0) is 0 Å². The summed E-state index contributed by atoms with van der Waals surface area (Å²) >= 11 is 0. The SMILES string of the molecule is CCCN1C(=O)c2[nH]nc(-c3ccc(OC)cc3)c2C1c1cccc([N+](=O)[O-])c1. The third kappa shape index (κ3) is 3.12. The summed E-state index contributed by atoms with van der Waals surface area (Å²) in [5.41, 5.74) is 3.36. The Balaban J connectivity index is 1.87. The van der Waals surface area contributed by atoms with E-state index in [1.165, 1.54) is 12.1 Å². The van der Waals surface area contributed by atoms with E-state index in [0.29, 0.717) is 23.5 Å². The van der Waals surface area contributed by atoms with Gasteiger partial charge in [-0.15, -0.1) is 0 Å². The molecule has 1 N–H and O–H groups in total. The number of benzene rings is 2. The minimum Gasteiger partial charge on any atom is -0.497 e. The Morgan fingerprint density at radius 1 is 1.24 bits per heavy atom. The zero-order chi connectivity index (χ0) is 20.5. The van der Waals surface area contributed by atoms with Gasteiger partial charge in [-0.1, -0.05) is 19.1 Å². The number of hydrogen-bond acceptors (Lipinski definition) is 5. The standard InChI is InChI=1S/C21H20N4O4/c1-3-11-24-20(14-5-4-6-15(12-14)25(27)28)17-18(22-23-19(17)21(24)26)13-7-9-16(29-2)10-8-13/h4-10,12,20H,3,11H2,1-2H3,(H,22,23). The first-order valence-corrected chi connectivity index (χ1v) is 9.33. The van der Waals surface area contributed by atoms with Gasteiger partial charge in [-0.05, 0) is 36.2 Å². The van der Waals surface area contributed by atoms with Crippen LogP contribution in [0.25, 0.3) is 11.3 Å². The molecule has 0 spiro atoms. The summed E-state index contributed by atoms with van der Waals surface area (Å²) in [5.74, 6) is 0.575. The summed E-state index contributed by atoms with van der Waals surface area (Å²) in [6.07, 6.45) is 0.771. The average molecular weight is 392 g/mol. The summed E-state index contributed by atoms with van der Waals surface area (Å²) in [5, 5.41) is 18.6. The number of amides is 1. The summed E-state index contributed by atoms with van der Waals surface area (Å²) < 4.78 is 5.22. The molecule has 2 heterocycles. The Labute approximate surface area is 167 Å². The van der Waals surface area contributed by atoms with Gasteiger partial charge in [0.25, 0.3) is 11.6 Å². The van der Waals surface area contributed by atoms with Gasteiger partial charge < -0.3 is 9.64 Å². The second-order valence-corrected chi connectivity index (χ2v) is 6.84. The van der Waals surface area contributed by atoms with Crippen LogP contribution in [0, 0.1) is 10.1 Å². The molecular formula is C21H20N4O4. The van der Waals surface area contributed by atoms with Crippen molar-refractivity contribution >= 4 is 11.6 Å². The number of non-ortho nitro benzene ring substituents is 1. The lowest BCUT2D eigenvalue weighted by molar-refractivity contribution is -0.384. The van der Waals surface area contributed by atoms with Crippen molar-refractivity contribution in [3.63, 3.8) is 0 Å². The predicted molar refractivity (Wildman–Crippen MR) is 107 cm³/mol. The molecule has 0 saturated heterocycles. The topological polar surface area (TPSA) is 101 Å². The van der Waals surface area contributed by atoms with Gasteiger partial charge in [0.15, 0.2) is 0 Å². The number of carbonyl (C=O) groups excluding carboxylic acids is 1. The fourth-order valence-electron chi connectivity index (χ4n) is 3.79. The molecular weight excluding hydrogens is 372 g/mol. The quantitative estimate of drug-likeness (QED) is 0.506. The minimum absolute atomic E-state index is 0.00524. The highest BCUT2D eigenvalue weighted by atomic mass is 16.6. The van der Waals surface area contributed by atoms with Gasteiger partial charge >= 0.3 is 0 Å². The highest BCUT2D eigenvalue weighted by molar-refractivity contribution is 6.00. The number of carbonyl (C=O) groups is 1. The molecule has 2 aromatic carbocycles. The molecule has 1 atom stereocenters. The second-order valence-electron chi connectivity index (χ2n) is 6.84. The summed E-state index contributed by atoms with van der Waals surface area (Å²) in [6.45, 7) is 2.53. The van der Waals surface area contributed by atoms with Crippen molar-refractivity contribution in [2.45, 2.75) is 19.4 Å². The molecule has 3 aromatic rings. The van der Waals surface area contributed by atoms with Gasteiger partial charge in [-0.2, -0.15) is 5.10 Å². The van der Waals surface area contributed by atoms with Crippen LogP contribution in [0.5, 0.6) is 5.75 Å². The monoisotopic (exact) mass is 392 g/mol. The molecule has 148 valence electrons. The molecule has 4 rings (SSSR count). The van der Waals surface area contributed by atoms with Crippen LogP contribution >= 0.6 is 0 Å². The van der Waals surface area contributed by atoms with Crippen LogP contribution in [0.1, 0.15) is 41.0 Å². The van der Waals surface area contributed by atoms with Crippen LogP contribution in [0.15, 0.2) is 48.5 Å². The molecule has 1 unspecified atom stereocenters. The third-order valence-corrected chi connectivity index (χ3v) is 5.09. The molecule has 1 aliphatic rings. The minimum atomic E-state index is -0.437. The van der Waals surface area contributed by atoms with Crippen LogP contribution in [0.4, 0.5) is 5.69 Å². The van der Waals surface area contributed by atoms with Gasteiger partial charge in [0.2, 0.25) is 0 Å². The van der Waals surface area contributed by atoms with Crippen molar-refractivity contribution < 1.29 is 14.5 Å². The number of nitro benzene ring substituents is 1. The molecule has 0 aliphatic carbocycles. The van der Waals surface area contributed by atoms with Gasteiger partial charge in [-0.25, -0.2) is 0 Å². The van der Waals surface area contributed by atoms with Gasteiger partial charge in [0.1, 0.15) is 11.4 Å². The maximum Gasteiger partial charge on any atom is 0.273 e. The van der Waals surface area contributed by atoms with Gasteiger partial charge in [0.05, 0.1) is 23.8 Å². The maximum atomic E-state index is 13.0. The zero-order valence-corrected chi connectivity index (χ0v) is 16.1. The van der Waals surface area contributed by atoms with Crippen molar-refractivity contribution in [3.05, 3.63) is 75.5 Å². The fourth-order valence-corrected chi connectivity index (χ4v) is 3.79. The van der Waals surface area contributed by atoms with Crippen molar-refractivity contribution in [2.75, 3.05) is 13.7 Å². The van der Waals surface area contributed by atoms with Crippen LogP contribution < -0.4 is 4.74 Å². The summed E-state index contributed by atoms with van der Waals surface area (Å²) in [6, 6.07) is 13.4. The number of hydrogen-bond donors (Lipinski definition) is 1. The molecule has 0 fully saturated rings. The molecule has 0 bridgehead atoms. The number of ether oxygens (including phenoxy) is 1. The smallest absolute Gasteiger partial charge is 0.273 e. The number of aromatic nitrogens is 2. The Kier molecular flexibility index (Phi) is 4.75. The predicted octanol–water partition coefficient (Wildman–Crippen LogP) is 3.95. The molecule has 0 saturated carbocycles. The number of aromatic amines is 1. The van der Waals surface area contributed by atoms with E-state index in [-0.39, 0.29) is 11.6 Å². The first-order chi connectivity index (χ1) is 14.0. The van der Waals surface area contributed by atoms with E-state index in [2.05, 4.69) is 10.2 Å². The molecule has 1 aromatic heterocycles. The van der Waals surface area contributed by atoms with Crippen molar-refractivity contribution in [1.82, 2.24) is 15.1 Å². The van der Waals surface area contributed by atoms with E-state index in [0.717, 1.165) is 23.3 Å². The van der Waals surface area contributed by atoms with Gasteiger partial charge in [0, 0.05) is 29.8 Å². The van der Waals surface area contributed by atoms with Crippen LogP contribution in [0.2, 0.25) is 0 Å². The van der Waals surface area contributed by atoms with Gasteiger partial charge in [-0.3, -0.25) is 20.0 Å². The van der Waals surface area contributed by atoms with Crippen molar-refractivity contribution in [2.24, 2.45) is 0 Å². The molecule has 0 radical (unpaired) electrons. The zero-order valence-electron chi connectivity index (χ0n) is 16.1. The molecule has 8 heteroatoms.